The molecule has 1 atom stereocenters. The lowest BCUT2D eigenvalue weighted by molar-refractivity contribution is -0.179. The van der Waals surface area contributed by atoms with Crippen molar-refractivity contribution in [2.24, 2.45) is 23.7 Å². The molecule has 0 aliphatic heterocycles. The van der Waals surface area contributed by atoms with Gasteiger partial charge in [-0.2, -0.15) is 0 Å². The van der Waals surface area contributed by atoms with E-state index in [2.05, 4.69) is 50.2 Å². The maximum Gasteiger partial charge on any atom is 0.0953 e. The molecular weight excluding hydrogens is 304 g/mol. The van der Waals surface area contributed by atoms with E-state index >= 15 is 0 Å². The van der Waals surface area contributed by atoms with Gasteiger partial charge in [0.2, 0.25) is 0 Å². The van der Waals surface area contributed by atoms with Gasteiger partial charge in [0.1, 0.15) is 0 Å². The average Bonchev–Trinajstić information content (AvgIpc) is 2.63. The summed E-state index contributed by atoms with van der Waals surface area (Å²) in [5.74, 6) is 3.36. The van der Waals surface area contributed by atoms with Crippen molar-refractivity contribution in [2.45, 2.75) is 63.9 Å². The quantitative estimate of drug-likeness (QED) is 0.730. The van der Waals surface area contributed by atoms with Crippen LogP contribution in [0.3, 0.4) is 0 Å². The highest BCUT2D eigenvalue weighted by atomic mass is 16.3. The maximum atomic E-state index is 11.8. The first kappa shape index (κ1) is 15.9. The SMILES string of the molecule is CCC(C)c1ccc2cc(C3(O)C4CC5CC(C4)CC3C5)ccc2c1. The Bertz CT molecular complexity index is 777. The molecule has 1 unspecified atom stereocenters. The highest BCUT2D eigenvalue weighted by Crippen LogP contribution is 2.61. The van der Waals surface area contributed by atoms with Crippen molar-refractivity contribution < 1.29 is 5.11 Å². The van der Waals surface area contributed by atoms with E-state index in [4.69, 9.17) is 0 Å². The summed E-state index contributed by atoms with van der Waals surface area (Å²) in [4.78, 5) is 0. The molecule has 0 heterocycles. The van der Waals surface area contributed by atoms with E-state index in [0.29, 0.717) is 17.8 Å². The van der Waals surface area contributed by atoms with Crippen molar-refractivity contribution in [3.8, 4) is 0 Å². The molecule has 4 saturated carbocycles. The monoisotopic (exact) mass is 334 g/mol. The van der Waals surface area contributed by atoms with Crippen LogP contribution in [0.25, 0.3) is 10.8 Å². The molecule has 4 bridgehead atoms. The summed E-state index contributed by atoms with van der Waals surface area (Å²) in [7, 11) is 0. The molecule has 2 aromatic carbocycles. The van der Waals surface area contributed by atoms with Crippen molar-refractivity contribution in [3.63, 3.8) is 0 Å². The van der Waals surface area contributed by atoms with Gasteiger partial charge in [-0.05, 0) is 96.1 Å². The van der Waals surface area contributed by atoms with E-state index in [1.807, 2.05) is 0 Å². The molecule has 6 rings (SSSR count). The summed E-state index contributed by atoms with van der Waals surface area (Å²) in [5.41, 5.74) is 2.04. The first-order valence-electron chi connectivity index (χ1n) is 10.3. The van der Waals surface area contributed by atoms with Gasteiger partial charge in [0.25, 0.3) is 0 Å². The number of rotatable bonds is 3. The fraction of sp³-hybridized carbons (Fsp3) is 0.583. The van der Waals surface area contributed by atoms with Crippen LogP contribution >= 0.6 is 0 Å². The number of aliphatic hydroxyl groups is 1. The molecule has 0 amide bonds. The van der Waals surface area contributed by atoms with Crippen molar-refractivity contribution in [3.05, 3.63) is 47.5 Å². The van der Waals surface area contributed by atoms with E-state index in [-0.39, 0.29) is 0 Å². The zero-order chi connectivity index (χ0) is 17.2. The molecule has 1 N–H and O–H groups in total. The van der Waals surface area contributed by atoms with Crippen LogP contribution in [0.1, 0.15) is 69.4 Å². The van der Waals surface area contributed by atoms with Gasteiger partial charge in [0, 0.05) is 0 Å². The van der Waals surface area contributed by atoms with E-state index in [0.717, 1.165) is 11.8 Å². The zero-order valence-electron chi connectivity index (χ0n) is 15.5. The van der Waals surface area contributed by atoms with Crippen LogP contribution in [0, 0.1) is 23.7 Å². The first-order valence-corrected chi connectivity index (χ1v) is 10.3. The number of hydrogen-bond acceptors (Lipinski definition) is 1. The van der Waals surface area contributed by atoms with Crippen LogP contribution in [-0.2, 0) is 5.60 Å². The second-order valence-electron chi connectivity index (χ2n) is 9.26. The normalized spacial score (nSPS) is 37.6. The van der Waals surface area contributed by atoms with Crippen LogP contribution in [0.4, 0.5) is 0 Å². The Morgan fingerprint density at radius 3 is 2.16 bits per heavy atom. The molecule has 1 heteroatoms. The van der Waals surface area contributed by atoms with Crippen molar-refractivity contribution in [1.82, 2.24) is 0 Å². The Labute approximate surface area is 151 Å². The lowest BCUT2D eigenvalue weighted by atomic mass is 9.48. The molecule has 0 saturated heterocycles. The predicted molar refractivity (Wildman–Crippen MR) is 104 cm³/mol. The summed E-state index contributed by atoms with van der Waals surface area (Å²) in [6.07, 6.45) is 7.58. The third-order valence-electron chi connectivity index (χ3n) is 7.89. The Hall–Kier alpha value is -1.34. The topological polar surface area (TPSA) is 20.2 Å². The second kappa shape index (κ2) is 5.58. The molecule has 132 valence electrons. The standard InChI is InChI=1S/C24H30O/c1-3-15(2)18-4-5-20-14-21(7-6-19(20)13-18)24(25)22-9-16-8-17(11-22)12-23(24)10-16/h4-7,13-17,22-23,25H,3,8-12H2,1-2H3. The summed E-state index contributed by atoms with van der Waals surface area (Å²) < 4.78 is 0. The van der Waals surface area contributed by atoms with Crippen molar-refractivity contribution in [1.29, 1.82) is 0 Å². The minimum Gasteiger partial charge on any atom is -0.385 e. The molecule has 4 aliphatic carbocycles. The van der Waals surface area contributed by atoms with Crippen LogP contribution < -0.4 is 0 Å². The zero-order valence-corrected chi connectivity index (χ0v) is 15.5. The van der Waals surface area contributed by atoms with Gasteiger partial charge in [-0.25, -0.2) is 0 Å². The smallest absolute Gasteiger partial charge is 0.0953 e. The summed E-state index contributed by atoms with van der Waals surface area (Å²) in [6, 6.07) is 13.7. The van der Waals surface area contributed by atoms with Gasteiger partial charge in [-0.15, -0.1) is 0 Å². The van der Waals surface area contributed by atoms with Gasteiger partial charge < -0.3 is 5.11 Å². The molecule has 25 heavy (non-hydrogen) atoms. The molecular formula is C24H30O. The maximum absolute atomic E-state index is 11.8. The molecule has 0 aromatic heterocycles. The third-order valence-corrected chi connectivity index (χ3v) is 7.89. The molecule has 1 nitrogen and oxygen atoms in total. The average molecular weight is 335 g/mol. The van der Waals surface area contributed by atoms with E-state index < -0.39 is 5.60 Å². The largest absolute Gasteiger partial charge is 0.385 e. The number of benzene rings is 2. The van der Waals surface area contributed by atoms with E-state index in [9.17, 15) is 5.11 Å². The van der Waals surface area contributed by atoms with Crippen LogP contribution in [0.15, 0.2) is 36.4 Å². The molecule has 0 radical (unpaired) electrons. The van der Waals surface area contributed by atoms with Gasteiger partial charge in [-0.1, -0.05) is 44.2 Å². The van der Waals surface area contributed by atoms with Gasteiger partial charge in [-0.3, -0.25) is 0 Å². The highest BCUT2D eigenvalue weighted by Gasteiger charge is 2.57. The third kappa shape index (κ3) is 2.31. The highest BCUT2D eigenvalue weighted by molar-refractivity contribution is 5.84. The Kier molecular flexibility index (Phi) is 3.54. The minimum atomic E-state index is -0.572. The molecule has 0 spiro atoms. The van der Waals surface area contributed by atoms with Crippen LogP contribution in [-0.4, -0.2) is 5.11 Å². The fourth-order valence-corrected chi connectivity index (χ4v) is 6.43. The van der Waals surface area contributed by atoms with Gasteiger partial charge in [0.05, 0.1) is 5.60 Å². The van der Waals surface area contributed by atoms with Crippen LogP contribution in [0.2, 0.25) is 0 Å². The summed E-state index contributed by atoms with van der Waals surface area (Å²) in [6.45, 7) is 4.55. The van der Waals surface area contributed by atoms with Crippen molar-refractivity contribution in [2.75, 3.05) is 0 Å². The van der Waals surface area contributed by atoms with Crippen LogP contribution in [0.5, 0.6) is 0 Å². The molecule has 4 aliphatic rings. The Balaban J connectivity index is 1.54. The fourth-order valence-electron chi connectivity index (χ4n) is 6.43. The molecule has 2 aromatic rings. The lowest BCUT2D eigenvalue weighted by Gasteiger charge is -2.59. The van der Waals surface area contributed by atoms with Crippen molar-refractivity contribution >= 4 is 10.8 Å². The van der Waals surface area contributed by atoms with Gasteiger partial charge in [0.15, 0.2) is 0 Å². The van der Waals surface area contributed by atoms with E-state index in [1.54, 1.807) is 0 Å². The van der Waals surface area contributed by atoms with Gasteiger partial charge >= 0.3 is 0 Å². The summed E-state index contributed by atoms with van der Waals surface area (Å²) >= 11 is 0. The molecule has 4 fully saturated rings. The number of hydrogen-bond donors (Lipinski definition) is 1. The Morgan fingerprint density at radius 1 is 0.920 bits per heavy atom. The Morgan fingerprint density at radius 2 is 1.52 bits per heavy atom. The summed E-state index contributed by atoms with van der Waals surface area (Å²) in [5, 5.41) is 14.4. The predicted octanol–water partition coefficient (Wildman–Crippen LogP) is 6.00. The second-order valence-corrected chi connectivity index (χ2v) is 9.26. The first-order chi connectivity index (χ1) is 12.1. The minimum absolute atomic E-state index is 0.487. The lowest BCUT2D eigenvalue weighted by Crippen LogP contribution is -2.55. The van der Waals surface area contributed by atoms with E-state index in [1.165, 1.54) is 60.4 Å². The number of fused-ring (bicyclic) bond motifs is 1.